The van der Waals surface area contributed by atoms with E-state index < -0.39 is 10.0 Å². The van der Waals surface area contributed by atoms with Gasteiger partial charge in [0.15, 0.2) is 0 Å². The molecule has 0 heterocycles. The third kappa shape index (κ3) is 4.13. The zero-order valence-electron chi connectivity index (χ0n) is 17.1. The number of rotatable bonds is 6. The van der Waals surface area contributed by atoms with Crippen LogP contribution in [0.4, 0.5) is 5.69 Å². The highest BCUT2D eigenvalue weighted by Crippen LogP contribution is 2.31. The van der Waals surface area contributed by atoms with Crippen LogP contribution in [0, 0.1) is 40.5 Å². The van der Waals surface area contributed by atoms with Crippen molar-refractivity contribution in [3.05, 3.63) is 57.6 Å². The molecule has 28 heavy (non-hydrogen) atoms. The molecule has 0 radical (unpaired) electrons. The molecule has 0 aliphatic heterocycles. The standard InChI is InChI=1S/C22H28N2O3S/c1-13-14(2)16(4)21(17(5)15(13)3)28(26,27)23-12-18-7-6-8-20(11-18)24-22(25)19-9-10-19/h6-8,11,19,23H,9-10,12H2,1-5H3,(H,24,25). The molecule has 0 unspecified atom stereocenters. The second-order valence-electron chi connectivity index (χ2n) is 7.74. The van der Waals surface area contributed by atoms with Crippen LogP contribution in [0.5, 0.6) is 0 Å². The SMILES string of the molecule is Cc1c(C)c(C)c(S(=O)(=O)NCc2cccc(NC(=O)C3CC3)c2)c(C)c1C. The molecule has 0 bridgehead atoms. The molecule has 3 rings (SSSR count). The quantitative estimate of drug-likeness (QED) is 0.768. The van der Waals surface area contributed by atoms with Gasteiger partial charge in [0, 0.05) is 18.2 Å². The molecule has 0 saturated heterocycles. The monoisotopic (exact) mass is 400 g/mol. The highest BCUT2D eigenvalue weighted by atomic mass is 32.2. The number of carbonyl (C=O) groups excluding carboxylic acids is 1. The predicted molar refractivity (Wildman–Crippen MR) is 112 cm³/mol. The van der Waals surface area contributed by atoms with Crippen LogP contribution in [0.25, 0.3) is 0 Å². The maximum atomic E-state index is 13.0. The van der Waals surface area contributed by atoms with Gasteiger partial charge in [-0.25, -0.2) is 13.1 Å². The van der Waals surface area contributed by atoms with Crippen LogP contribution in [0.2, 0.25) is 0 Å². The minimum Gasteiger partial charge on any atom is -0.326 e. The third-order valence-corrected chi connectivity index (χ3v) is 7.48. The average Bonchev–Trinajstić information content (AvgIpc) is 3.49. The molecule has 0 atom stereocenters. The average molecular weight is 401 g/mol. The van der Waals surface area contributed by atoms with Crippen LogP contribution >= 0.6 is 0 Å². The topological polar surface area (TPSA) is 75.3 Å². The summed E-state index contributed by atoms with van der Waals surface area (Å²) in [6, 6.07) is 7.30. The van der Waals surface area contributed by atoms with Crippen molar-refractivity contribution in [3.8, 4) is 0 Å². The first-order valence-electron chi connectivity index (χ1n) is 9.58. The van der Waals surface area contributed by atoms with E-state index in [0.717, 1.165) is 46.2 Å². The number of carbonyl (C=O) groups is 1. The third-order valence-electron chi connectivity index (χ3n) is 5.81. The fourth-order valence-electron chi connectivity index (χ4n) is 3.47. The first-order valence-corrected chi connectivity index (χ1v) is 11.1. The summed E-state index contributed by atoms with van der Waals surface area (Å²) in [6.07, 6.45) is 1.89. The van der Waals surface area contributed by atoms with Gasteiger partial charge < -0.3 is 5.32 Å². The molecule has 1 saturated carbocycles. The molecule has 0 aromatic heterocycles. The molecule has 6 heteroatoms. The number of benzene rings is 2. The highest BCUT2D eigenvalue weighted by Gasteiger charge is 2.29. The van der Waals surface area contributed by atoms with Gasteiger partial charge in [-0.2, -0.15) is 0 Å². The van der Waals surface area contributed by atoms with E-state index >= 15 is 0 Å². The van der Waals surface area contributed by atoms with Crippen molar-refractivity contribution < 1.29 is 13.2 Å². The molecule has 2 aromatic carbocycles. The summed E-state index contributed by atoms with van der Waals surface area (Å²) in [4.78, 5) is 12.3. The van der Waals surface area contributed by atoms with E-state index in [9.17, 15) is 13.2 Å². The van der Waals surface area contributed by atoms with Crippen LogP contribution in [-0.2, 0) is 21.4 Å². The van der Waals surface area contributed by atoms with Crippen molar-refractivity contribution in [2.45, 2.75) is 58.9 Å². The van der Waals surface area contributed by atoms with Gasteiger partial charge in [-0.3, -0.25) is 4.79 Å². The summed E-state index contributed by atoms with van der Waals surface area (Å²) in [5.74, 6) is 0.163. The lowest BCUT2D eigenvalue weighted by Crippen LogP contribution is -2.26. The lowest BCUT2D eigenvalue weighted by molar-refractivity contribution is -0.117. The minimum absolute atomic E-state index is 0.0367. The molecule has 2 aromatic rings. The molecule has 150 valence electrons. The molecule has 1 amide bonds. The van der Waals surface area contributed by atoms with E-state index in [1.807, 2.05) is 58.9 Å². The summed E-state index contributed by atoms with van der Waals surface area (Å²) < 4.78 is 28.8. The number of anilines is 1. The Labute approximate surface area is 167 Å². The number of hydrogen-bond acceptors (Lipinski definition) is 3. The number of amides is 1. The smallest absolute Gasteiger partial charge is 0.241 e. The second-order valence-corrected chi connectivity index (χ2v) is 9.45. The van der Waals surface area contributed by atoms with Crippen molar-refractivity contribution in [1.29, 1.82) is 0 Å². The Balaban J connectivity index is 1.80. The lowest BCUT2D eigenvalue weighted by atomic mass is 9.95. The van der Waals surface area contributed by atoms with Gasteiger partial charge >= 0.3 is 0 Å². The predicted octanol–water partition coefficient (Wildman–Crippen LogP) is 4.06. The lowest BCUT2D eigenvalue weighted by Gasteiger charge is -2.19. The van der Waals surface area contributed by atoms with Crippen LogP contribution < -0.4 is 10.0 Å². The maximum absolute atomic E-state index is 13.0. The van der Waals surface area contributed by atoms with Gasteiger partial charge in [-0.15, -0.1) is 0 Å². The maximum Gasteiger partial charge on any atom is 0.241 e. The Hall–Kier alpha value is -2.18. The second kappa shape index (κ2) is 7.68. The zero-order valence-corrected chi connectivity index (χ0v) is 18.0. The minimum atomic E-state index is -3.66. The Morgan fingerprint density at radius 3 is 2.11 bits per heavy atom. The first-order chi connectivity index (χ1) is 13.1. The number of hydrogen-bond donors (Lipinski definition) is 2. The normalized spacial score (nSPS) is 14.2. The van der Waals surface area contributed by atoms with Crippen LogP contribution in [-0.4, -0.2) is 14.3 Å². The van der Waals surface area contributed by atoms with Gasteiger partial charge in [0.25, 0.3) is 0 Å². The first kappa shape index (κ1) is 20.6. The van der Waals surface area contributed by atoms with E-state index in [2.05, 4.69) is 10.0 Å². The van der Waals surface area contributed by atoms with Crippen molar-refractivity contribution in [3.63, 3.8) is 0 Å². The van der Waals surface area contributed by atoms with Gasteiger partial charge in [-0.1, -0.05) is 12.1 Å². The fourth-order valence-corrected chi connectivity index (χ4v) is 5.08. The molecule has 5 nitrogen and oxygen atoms in total. The number of nitrogens with one attached hydrogen (secondary N) is 2. The van der Waals surface area contributed by atoms with Crippen molar-refractivity contribution >= 4 is 21.6 Å². The van der Waals surface area contributed by atoms with Gasteiger partial charge in [0.1, 0.15) is 0 Å². The van der Waals surface area contributed by atoms with Crippen LogP contribution in [0.1, 0.15) is 46.2 Å². The Kier molecular flexibility index (Phi) is 5.64. The summed E-state index contributed by atoms with van der Waals surface area (Å²) in [6.45, 7) is 9.83. The zero-order chi connectivity index (χ0) is 20.6. The Bertz CT molecular complexity index is 1010. The van der Waals surface area contributed by atoms with Crippen LogP contribution in [0.15, 0.2) is 29.2 Å². The fraction of sp³-hybridized carbons (Fsp3) is 0.409. The Morgan fingerprint density at radius 2 is 1.54 bits per heavy atom. The van der Waals surface area contributed by atoms with Crippen molar-refractivity contribution in [2.24, 2.45) is 5.92 Å². The van der Waals surface area contributed by atoms with Crippen molar-refractivity contribution in [2.75, 3.05) is 5.32 Å². The van der Waals surface area contributed by atoms with Crippen LogP contribution in [0.3, 0.4) is 0 Å². The summed E-state index contributed by atoms with van der Waals surface area (Å²) in [5, 5.41) is 2.90. The summed E-state index contributed by atoms with van der Waals surface area (Å²) in [5.41, 5.74) is 6.22. The Morgan fingerprint density at radius 1 is 0.964 bits per heavy atom. The highest BCUT2D eigenvalue weighted by molar-refractivity contribution is 7.89. The molecular weight excluding hydrogens is 372 g/mol. The molecule has 1 aliphatic carbocycles. The molecular formula is C22H28N2O3S. The summed E-state index contributed by atoms with van der Waals surface area (Å²) >= 11 is 0. The van der Waals surface area contributed by atoms with Gasteiger partial charge in [-0.05, 0) is 93.0 Å². The molecule has 0 spiro atoms. The van der Waals surface area contributed by atoms with E-state index in [1.165, 1.54) is 0 Å². The van der Waals surface area contributed by atoms with E-state index in [0.29, 0.717) is 10.6 Å². The summed E-state index contributed by atoms with van der Waals surface area (Å²) in [7, 11) is -3.66. The van der Waals surface area contributed by atoms with Crippen molar-refractivity contribution in [1.82, 2.24) is 4.72 Å². The van der Waals surface area contributed by atoms with E-state index in [4.69, 9.17) is 0 Å². The van der Waals surface area contributed by atoms with Gasteiger partial charge in [0.2, 0.25) is 15.9 Å². The largest absolute Gasteiger partial charge is 0.326 e. The van der Waals surface area contributed by atoms with E-state index in [1.54, 1.807) is 0 Å². The molecule has 1 aliphatic rings. The molecule has 2 N–H and O–H groups in total. The van der Waals surface area contributed by atoms with E-state index in [-0.39, 0.29) is 18.4 Å². The number of sulfonamides is 1. The molecule has 1 fully saturated rings. The van der Waals surface area contributed by atoms with Gasteiger partial charge in [0.05, 0.1) is 4.90 Å².